The first kappa shape index (κ1) is 15.1. The van der Waals surface area contributed by atoms with Crippen LogP contribution in [-0.2, 0) is 0 Å². The van der Waals surface area contributed by atoms with Gasteiger partial charge in [0.15, 0.2) is 11.0 Å². The number of aliphatic imine (C=N–C) groups is 1. The van der Waals surface area contributed by atoms with E-state index in [4.69, 9.17) is 11.6 Å². The summed E-state index contributed by atoms with van der Waals surface area (Å²) in [6.07, 6.45) is 0.668. The molecule has 0 saturated carbocycles. The summed E-state index contributed by atoms with van der Waals surface area (Å²) in [5.41, 5.74) is 0.636. The number of nitrogens with zero attached hydrogens (tertiary/aromatic N) is 5. The fourth-order valence-electron chi connectivity index (χ4n) is 2.40. The quantitative estimate of drug-likeness (QED) is 0.793. The van der Waals surface area contributed by atoms with Gasteiger partial charge in [-0.05, 0) is 26.0 Å². The molecule has 1 aromatic rings. The topological polar surface area (TPSA) is 36.7 Å². The molecule has 0 N–H and O–H groups in total. The van der Waals surface area contributed by atoms with Crippen molar-refractivity contribution in [1.29, 1.82) is 0 Å². The molecule has 3 rings (SSSR count). The van der Waals surface area contributed by atoms with Crippen LogP contribution in [0.25, 0.3) is 0 Å². The third-order valence-electron chi connectivity index (χ3n) is 3.55. The molecule has 0 aliphatic carbocycles. The van der Waals surface area contributed by atoms with Gasteiger partial charge in [0, 0.05) is 24.5 Å². The molecule has 118 valence electrons. The SMILES string of the molecule is CC1=CC(n2ccc(Cl)n2)=NC2=CCN(C(C)C(F)(F)F)N12. The van der Waals surface area contributed by atoms with E-state index in [2.05, 4.69) is 10.1 Å². The van der Waals surface area contributed by atoms with Crippen molar-refractivity contribution >= 4 is 17.4 Å². The van der Waals surface area contributed by atoms with Crippen LogP contribution in [0.2, 0.25) is 5.15 Å². The molecule has 0 saturated heterocycles. The second kappa shape index (κ2) is 5.13. The average Bonchev–Trinajstić information content (AvgIpc) is 3.03. The lowest BCUT2D eigenvalue weighted by Crippen LogP contribution is -2.50. The summed E-state index contributed by atoms with van der Waals surface area (Å²) in [6.45, 7) is 3.02. The number of alkyl halides is 3. The van der Waals surface area contributed by atoms with Crippen molar-refractivity contribution in [3.63, 3.8) is 0 Å². The Labute approximate surface area is 129 Å². The highest BCUT2D eigenvalue weighted by molar-refractivity contribution is 6.29. The van der Waals surface area contributed by atoms with Crippen molar-refractivity contribution in [1.82, 2.24) is 19.8 Å². The standard InChI is InChI=1S/C13H13ClF3N5/c1-8-7-12(20-5-3-10(14)19-20)18-11-4-6-21(22(8)11)9(2)13(15,16)17/h3-5,7,9H,6H2,1-2H3. The number of allylic oxidation sites excluding steroid dienone is 2. The van der Waals surface area contributed by atoms with Crippen LogP contribution in [0, 0.1) is 0 Å². The second-order valence-corrected chi connectivity index (χ2v) is 5.44. The second-order valence-electron chi connectivity index (χ2n) is 5.05. The Bertz CT molecular complexity index is 688. The maximum atomic E-state index is 13.0. The van der Waals surface area contributed by atoms with E-state index in [9.17, 15) is 13.2 Å². The Balaban J connectivity index is 1.90. The summed E-state index contributed by atoms with van der Waals surface area (Å²) in [7, 11) is 0. The van der Waals surface area contributed by atoms with Crippen molar-refractivity contribution in [3.05, 3.63) is 41.1 Å². The largest absolute Gasteiger partial charge is 0.405 e. The van der Waals surface area contributed by atoms with E-state index in [1.807, 2.05) is 0 Å². The van der Waals surface area contributed by atoms with E-state index < -0.39 is 12.2 Å². The number of hydrogen-bond acceptors (Lipinski definition) is 4. The van der Waals surface area contributed by atoms with Crippen LogP contribution in [0.5, 0.6) is 0 Å². The molecule has 0 fully saturated rings. The van der Waals surface area contributed by atoms with Gasteiger partial charge in [0.1, 0.15) is 11.9 Å². The lowest BCUT2D eigenvalue weighted by atomic mass is 10.3. The van der Waals surface area contributed by atoms with Crippen LogP contribution in [0.3, 0.4) is 0 Å². The molecule has 2 aliphatic rings. The van der Waals surface area contributed by atoms with Crippen molar-refractivity contribution in [2.45, 2.75) is 26.1 Å². The molecule has 5 nitrogen and oxygen atoms in total. The van der Waals surface area contributed by atoms with E-state index >= 15 is 0 Å². The summed E-state index contributed by atoms with van der Waals surface area (Å²) in [4.78, 5) is 4.35. The maximum absolute atomic E-state index is 13.0. The molecule has 0 radical (unpaired) electrons. The van der Waals surface area contributed by atoms with Crippen molar-refractivity contribution in [3.8, 4) is 0 Å². The van der Waals surface area contributed by atoms with Gasteiger partial charge in [0.2, 0.25) is 0 Å². The number of aromatic nitrogens is 2. The van der Waals surface area contributed by atoms with E-state index in [0.29, 0.717) is 22.5 Å². The Morgan fingerprint density at radius 3 is 2.68 bits per heavy atom. The number of hydrogen-bond donors (Lipinski definition) is 0. The molecule has 9 heteroatoms. The van der Waals surface area contributed by atoms with Gasteiger partial charge in [-0.3, -0.25) is 5.01 Å². The molecule has 1 atom stereocenters. The zero-order valence-corrected chi connectivity index (χ0v) is 12.6. The first-order chi connectivity index (χ1) is 10.3. The van der Waals surface area contributed by atoms with Crippen molar-refractivity contribution < 1.29 is 13.2 Å². The average molecular weight is 332 g/mol. The Morgan fingerprint density at radius 2 is 2.09 bits per heavy atom. The fourth-order valence-corrected chi connectivity index (χ4v) is 2.53. The van der Waals surface area contributed by atoms with Gasteiger partial charge in [-0.25, -0.2) is 9.67 Å². The molecule has 0 bridgehead atoms. The maximum Gasteiger partial charge on any atom is 0.405 e. The number of hydrazine groups is 1. The van der Waals surface area contributed by atoms with Crippen molar-refractivity contribution in [2.75, 3.05) is 6.54 Å². The minimum Gasteiger partial charge on any atom is -0.261 e. The lowest BCUT2D eigenvalue weighted by Gasteiger charge is -2.37. The fraction of sp³-hybridized carbons (Fsp3) is 0.385. The van der Waals surface area contributed by atoms with Crippen LogP contribution >= 0.6 is 11.6 Å². The highest BCUT2D eigenvalue weighted by Crippen LogP contribution is 2.34. The van der Waals surface area contributed by atoms with E-state index in [1.165, 1.54) is 14.7 Å². The van der Waals surface area contributed by atoms with Gasteiger partial charge in [-0.1, -0.05) is 11.6 Å². The molecule has 0 aromatic carbocycles. The zero-order valence-electron chi connectivity index (χ0n) is 11.8. The van der Waals surface area contributed by atoms with Gasteiger partial charge in [0.25, 0.3) is 0 Å². The van der Waals surface area contributed by atoms with Gasteiger partial charge < -0.3 is 0 Å². The molecule has 1 aromatic heterocycles. The molecule has 0 amide bonds. The predicted molar refractivity (Wildman–Crippen MR) is 76.0 cm³/mol. The normalized spacial score (nSPS) is 20.5. The highest BCUT2D eigenvalue weighted by Gasteiger charge is 2.45. The first-order valence-corrected chi connectivity index (χ1v) is 6.97. The predicted octanol–water partition coefficient (Wildman–Crippen LogP) is 3.03. The molecular weight excluding hydrogens is 319 g/mol. The molecule has 22 heavy (non-hydrogen) atoms. The van der Waals surface area contributed by atoms with E-state index in [0.717, 1.165) is 6.92 Å². The van der Waals surface area contributed by atoms with Crippen LogP contribution in [0.1, 0.15) is 13.8 Å². The Hall–Kier alpha value is -1.80. The first-order valence-electron chi connectivity index (χ1n) is 6.59. The minimum atomic E-state index is -4.30. The molecule has 0 spiro atoms. The van der Waals surface area contributed by atoms with E-state index in [1.54, 1.807) is 31.3 Å². The van der Waals surface area contributed by atoms with Gasteiger partial charge in [-0.2, -0.15) is 23.3 Å². The van der Waals surface area contributed by atoms with Gasteiger partial charge >= 0.3 is 6.18 Å². The third-order valence-corrected chi connectivity index (χ3v) is 3.75. The Morgan fingerprint density at radius 1 is 1.36 bits per heavy atom. The molecule has 2 aliphatic heterocycles. The Kier molecular flexibility index (Phi) is 3.53. The summed E-state index contributed by atoms with van der Waals surface area (Å²) in [5, 5.41) is 7.08. The minimum absolute atomic E-state index is 0.151. The lowest BCUT2D eigenvalue weighted by molar-refractivity contribution is -0.201. The zero-order chi connectivity index (χ0) is 16.1. The summed E-state index contributed by atoms with van der Waals surface area (Å²) in [5.74, 6) is 0.964. The van der Waals surface area contributed by atoms with Gasteiger partial charge in [0.05, 0.1) is 0 Å². The summed E-state index contributed by atoms with van der Waals surface area (Å²) >= 11 is 5.78. The van der Waals surface area contributed by atoms with Crippen LogP contribution < -0.4 is 0 Å². The third kappa shape index (κ3) is 2.52. The highest BCUT2D eigenvalue weighted by atomic mass is 35.5. The number of fused-ring (bicyclic) bond motifs is 1. The van der Waals surface area contributed by atoms with E-state index in [-0.39, 0.29) is 6.54 Å². The molecule has 3 heterocycles. The smallest absolute Gasteiger partial charge is 0.261 e. The van der Waals surface area contributed by atoms with Crippen LogP contribution in [0.15, 0.2) is 40.9 Å². The molecule has 1 unspecified atom stereocenters. The van der Waals surface area contributed by atoms with Crippen molar-refractivity contribution in [2.24, 2.45) is 4.99 Å². The van der Waals surface area contributed by atoms with Crippen LogP contribution in [-0.4, -0.2) is 44.4 Å². The molecular formula is C13H13ClF3N5. The number of halogens is 4. The van der Waals surface area contributed by atoms with Crippen LogP contribution in [0.4, 0.5) is 13.2 Å². The monoisotopic (exact) mass is 331 g/mol. The number of rotatable bonds is 1. The summed E-state index contributed by atoms with van der Waals surface area (Å²) < 4.78 is 40.4. The summed E-state index contributed by atoms with van der Waals surface area (Å²) in [6, 6.07) is 0.0150. The van der Waals surface area contributed by atoms with Gasteiger partial charge in [-0.15, -0.1) is 0 Å².